The summed E-state index contributed by atoms with van der Waals surface area (Å²) in [6.45, 7) is 7.91. The van der Waals surface area contributed by atoms with Gasteiger partial charge in [0.15, 0.2) is 0 Å². The molecule has 0 N–H and O–H groups in total. The fraction of sp³-hybridized carbons (Fsp3) is 0.458. The van der Waals surface area contributed by atoms with Crippen LogP contribution in [0.1, 0.15) is 30.6 Å². The average Bonchev–Trinajstić information content (AvgIpc) is 2.79. The van der Waals surface area contributed by atoms with E-state index in [4.69, 9.17) is 0 Å². The van der Waals surface area contributed by atoms with Crippen LogP contribution in [0.15, 0.2) is 59.5 Å². The molecule has 2 aliphatic rings. The summed E-state index contributed by atoms with van der Waals surface area (Å²) in [4.78, 5) is 17.3. The molecular weight excluding hydrogens is 410 g/mol. The number of hydrogen-bond acceptors (Lipinski definition) is 4. The first-order valence-electron chi connectivity index (χ1n) is 11.0. The third-order valence-electron chi connectivity index (χ3n) is 6.23. The summed E-state index contributed by atoms with van der Waals surface area (Å²) in [6.07, 6.45) is 1.12. The predicted molar refractivity (Wildman–Crippen MR) is 123 cm³/mol. The first kappa shape index (κ1) is 21.8. The van der Waals surface area contributed by atoms with Gasteiger partial charge in [-0.3, -0.25) is 4.79 Å². The summed E-state index contributed by atoms with van der Waals surface area (Å²) in [5.41, 5.74) is 1.56. The van der Waals surface area contributed by atoms with Crippen molar-refractivity contribution in [2.75, 3.05) is 44.2 Å². The standard InChI is InChI=1S/C24H31N3O3S/c1-19-15-20(2)18-26(17-19)24(28)21-7-6-10-23(16-21)31(29,30)27-13-11-25(12-14-27)22-8-4-3-5-9-22/h3-10,16,19-20H,11-15,17-18H2,1-2H3/t19-,20-/m0/s1. The van der Waals surface area contributed by atoms with Crippen molar-refractivity contribution in [1.82, 2.24) is 9.21 Å². The average molecular weight is 442 g/mol. The van der Waals surface area contributed by atoms with Crippen molar-refractivity contribution < 1.29 is 13.2 Å². The monoisotopic (exact) mass is 441 g/mol. The molecule has 31 heavy (non-hydrogen) atoms. The van der Waals surface area contributed by atoms with Gasteiger partial charge >= 0.3 is 0 Å². The van der Waals surface area contributed by atoms with Crippen molar-refractivity contribution in [2.24, 2.45) is 11.8 Å². The van der Waals surface area contributed by atoms with Crippen LogP contribution in [0.2, 0.25) is 0 Å². The van der Waals surface area contributed by atoms with Crippen LogP contribution in [0.5, 0.6) is 0 Å². The van der Waals surface area contributed by atoms with Crippen LogP contribution in [0.3, 0.4) is 0 Å². The molecule has 0 bridgehead atoms. The Morgan fingerprint density at radius 2 is 1.52 bits per heavy atom. The van der Waals surface area contributed by atoms with E-state index in [2.05, 4.69) is 18.7 Å². The van der Waals surface area contributed by atoms with Crippen LogP contribution >= 0.6 is 0 Å². The Balaban J connectivity index is 1.47. The fourth-order valence-corrected chi connectivity index (χ4v) is 6.24. The van der Waals surface area contributed by atoms with Crippen molar-refractivity contribution in [1.29, 1.82) is 0 Å². The Bertz CT molecular complexity index is 1010. The Morgan fingerprint density at radius 1 is 0.871 bits per heavy atom. The van der Waals surface area contributed by atoms with Gasteiger partial charge in [0, 0.05) is 50.5 Å². The zero-order valence-corrected chi connectivity index (χ0v) is 19.1. The number of nitrogens with zero attached hydrogens (tertiary/aromatic N) is 3. The quantitative estimate of drug-likeness (QED) is 0.730. The van der Waals surface area contributed by atoms with Gasteiger partial charge in [-0.05, 0) is 48.6 Å². The van der Waals surface area contributed by atoms with E-state index in [1.807, 2.05) is 35.2 Å². The van der Waals surface area contributed by atoms with Gasteiger partial charge in [0.1, 0.15) is 0 Å². The van der Waals surface area contributed by atoms with E-state index in [1.54, 1.807) is 24.3 Å². The molecule has 4 rings (SSSR count). The molecule has 0 unspecified atom stereocenters. The third-order valence-corrected chi connectivity index (χ3v) is 8.13. The summed E-state index contributed by atoms with van der Waals surface area (Å²) < 4.78 is 28.1. The molecule has 6 nitrogen and oxygen atoms in total. The molecule has 2 atom stereocenters. The smallest absolute Gasteiger partial charge is 0.253 e. The normalized spacial score (nSPS) is 23.0. The predicted octanol–water partition coefficient (Wildman–Crippen LogP) is 3.32. The summed E-state index contributed by atoms with van der Waals surface area (Å²) >= 11 is 0. The number of sulfonamides is 1. The first-order valence-corrected chi connectivity index (χ1v) is 12.5. The summed E-state index contributed by atoms with van der Waals surface area (Å²) in [5.74, 6) is 0.838. The van der Waals surface area contributed by atoms with Crippen LogP contribution in [-0.2, 0) is 10.0 Å². The summed E-state index contributed by atoms with van der Waals surface area (Å²) in [5, 5.41) is 0. The Labute approximate surface area is 185 Å². The Kier molecular flexibility index (Phi) is 6.34. The van der Waals surface area contributed by atoms with E-state index in [1.165, 1.54) is 4.31 Å². The number of piperidine rings is 1. The molecule has 2 fully saturated rings. The Morgan fingerprint density at radius 3 is 2.16 bits per heavy atom. The van der Waals surface area contributed by atoms with E-state index < -0.39 is 10.0 Å². The van der Waals surface area contributed by atoms with E-state index >= 15 is 0 Å². The molecule has 0 aliphatic carbocycles. The van der Waals surface area contributed by atoms with Gasteiger partial charge in [-0.1, -0.05) is 38.1 Å². The number of likely N-dealkylation sites (tertiary alicyclic amines) is 1. The highest BCUT2D eigenvalue weighted by Gasteiger charge is 2.30. The molecule has 1 amide bonds. The topological polar surface area (TPSA) is 60.9 Å². The van der Waals surface area contributed by atoms with Crippen molar-refractivity contribution in [3.8, 4) is 0 Å². The second-order valence-electron chi connectivity index (χ2n) is 8.91. The third kappa shape index (κ3) is 4.77. The number of carbonyl (C=O) groups excluding carboxylic acids is 1. The maximum absolute atomic E-state index is 13.3. The number of rotatable bonds is 4. The van der Waals surface area contributed by atoms with E-state index in [9.17, 15) is 13.2 Å². The molecule has 2 aromatic rings. The van der Waals surface area contributed by atoms with Crippen LogP contribution in [0.4, 0.5) is 5.69 Å². The van der Waals surface area contributed by atoms with Crippen LogP contribution in [0, 0.1) is 11.8 Å². The van der Waals surface area contributed by atoms with E-state index in [0.717, 1.165) is 25.2 Å². The second kappa shape index (κ2) is 9.01. The van der Waals surface area contributed by atoms with E-state index in [-0.39, 0.29) is 10.8 Å². The van der Waals surface area contributed by atoms with Gasteiger partial charge < -0.3 is 9.80 Å². The molecule has 0 radical (unpaired) electrons. The highest BCUT2D eigenvalue weighted by Crippen LogP contribution is 2.25. The van der Waals surface area contributed by atoms with Crippen LogP contribution in [0.25, 0.3) is 0 Å². The number of carbonyl (C=O) groups is 1. The van der Waals surface area contributed by atoms with Crippen LogP contribution in [-0.4, -0.2) is 62.8 Å². The second-order valence-corrected chi connectivity index (χ2v) is 10.8. The molecule has 2 aromatic carbocycles. The van der Waals surface area contributed by atoms with E-state index in [0.29, 0.717) is 43.6 Å². The zero-order valence-electron chi connectivity index (χ0n) is 18.3. The van der Waals surface area contributed by atoms with Crippen molar-refractivity contribution in [3.05, 3.63) is 60.2 Å². The highest BCUT2D eigenvalue weighted by molar-refractivity contribution is 7.89. The number of piperazine rings is 1. The number of hydrogen-bond donors (Lipinski definition) is 0. The molecule has 2 heterocycles. The molecule has 0 saturated carbocycles. The van der Waals surface area contributed by atoms with Gasteiger partial charge in [-0.25, -0.2) is 8.42 Å². The fourth-order valence-electron chi connectivity index (χ4n) is 4.78. The number of amides is 1. The number of anilines is 1. The minimum absolute atomic E-state index is 0.0793. The lowest BCUT2D eigenvalue weighted by Gasteiger charge is -2.36. The molecule has 0 aromatic heterocycles. The highest BCUT2D eigenvalue weighted by atomic mass is 32.2. The first-order chi connectivity index (χ1) is 14.8. The van der Waals surface area contributed by atoms with Gasteiger partial charge in [0.25, 0.3) is 5.91 Å². The maximum atomic E-state index is 13.3. The van der Waals surface area contributed by atoms with Gasteiger partial charge in [0.05, 0.1) is 4.90 Å². The lowest BCUT2D eigenvalue weighted by atomic mass is 9.91. The van der Waals surface area contributed by atoms with Crippen molar-refractivity contribution in [2.45, 2.75) is 25.2 Å². The lowest BCUT2D eigenvalue weighted by molar-refractivity contribution is 0.0623. The van der Waals surface area contributed by atoms with Crippen molar-refractivity contribution in [3.63, 3.8) is 0 Å². The number of para-hydroxylation sites is 1. The zero-order chi connectivity index (χ0) is 22.0. The minimum Gasteiger partial charge on any atom is -0.369 e. The largest absolute Gasteiger partial charge is 0.369 e. The van der Waals surface area contributed by atoms with Crippen molar-refractivity contribution >= 4 is 21.6 Å². The number of benzene rings is 2. The minimum atomic E-state index is -3.64. The lowest BCUT2D eigenvalue weighted by Crippen LogP contribution is -2.48. The molecule has 2 aliphatic heterocycles. The summed E-state index contributed by atoms with van der Waals surface area (Å²) in [6, 6.07) is 16.6. The van der Waals surface area contributed by atoms with Gasteiger partial charge in [-0.2, -0.15) is 4.31 Å². The molecule has 7 heteroatoms. The Hall–Kier alpha value is -2.38. The van der Waals surface area contributed by atoms with Gasteiger partial charge in [0.2, 0.25) is 10.0 Å². The molecule has 0 spiro atoms. The van der Waals surface area contributed by atoms with Gasteiger partial charge in [-0.15, -0.1) is 0 Å². The molecular formula is C24H31N3O3S. The van der Waals surface area contributed by atoms with Crippen LogP contribution < -0.4 is 4.90 Å². The molecule has 166 valence electrons. The SMILES string of the molecule is C[C@H]1C[C@H](C)CN(C(=O)c2cccc(S(=O)(=O)N3CCN(c4ccccc4)CC3)c2)C1. The molecule has 2 saturated heterocycles. The summed E-state index contributed by atoms with van der Waals surface area (Å²) in [7, 11) is -3.64. The maximum Gasteiger partial charge on any atom is 0.253 e.